The summed E-state index contributed by atoms with van der Waals surface area (Å²) in [6, 6.07) is 18.4. The molecule has 6 heteroatoms. The van der Waals surface area contributed by atoms with E-state index in [1.165, 1.54) is 11.1 Å². The number of benzene rings is 2. The number of aliphatic imine (C=N–C) groups is 1. The molecule has 2 heterocycles. The van der Waals surface area contributed by atoms with Crippen LogP contribution in [0, 0.1) is 6.92 Å². The number of amidine groups is 1. The Hall–Kier alpha value is -1.79. The Labute approximate surface area is 152 Å². The van der Waals surface area contributed by atoms with Gasteiger partial charge in [-0.2, -0.15) is 0 Å². The third kappa shape index (κ3) is 3.46. The van der Waals surface area contributed by atoms with E-state index in [1.54, 1.807) is 11.8 Å². The van der Waals surface area contributed by atoms with E-state index < -0.39 is 9.84 Å². The van der Waals surface area contributed by atoms with E-state index in [9.17, 15) is 8.42 Å². The van der Waals surface area contributed by atoms with Gasteiger partial charge in [-0.25, -0.2) is 8.42 Å². The Bertz CT molecular complexity index is 910. The molecule has 4 nitrogen and oxygen atoms in total. The monoisotopic (exact) mass is 372 g/mol. The van der Waals surface area contributed by atoms with Gasteiger partial charge in [0.2, 0.25) is 0 Å². The Morgan fingerprint density at radius 2 is 1.80 bits per heavy atom. The Balaban J connectivity index is 1.67. The maximum Gasteiger partial charge on any atom is 0.164 e. The fraction of sp³-hybridized carbons (Fsp3) is 0.316. The van der Waals surface area contributed by atoms with Gasteiger partial charge in [0.1, 0.15) is 0 Å². The summed E-state index contributed by atoms with van der Waals surface area (Å²) in [5.41, 5.74) is 3.58. The standard InChI is InChI=1S/C19H20N2O2S2/c1-14-7-5-6-8-15(14)11-21(16-9-3-2-4-10-16)19-20-17-12-25(22,23)13-18(17)24-19/h2-10,17-18H,11-13H2,1H3/t17-,18-/m0/s1. The molecule has 2 aliphatic rings. The normalized spacial score (nSPS) is 24.0. The first-order valence-corrected chi connectivity index (χ1v) is 11.0. The summed E-state index contributed by atoms with van der Waals surface area (Å²) < 4.78 is 23.7. The Morgan fingerprint density at radius 3 is 2.52 bits per heavy atom. The zero-order chi connectivity index (χ0) is 17.4. The molecule has 130 valence electrons. The van der Waals surface area contributed by atoms with Crippen LogP contribution in [0.4, 0.5) is 5.69 Å². The van der Waals surface area contributed by atoms with Crippen LogP contribution in [0.2, 0.25) is 0 Å². The number of rotatable bonds is 3. The minimum atomic E-state index is -2.93. The van der Waals surface area contributed by atoms with Gasteiger partial charge in [-0.3, -0.25) is 4.99 Å². The lowest BCUT2D eigenvalue weighted by atomic mass is 10.1. The molecule has 0 saturated carbocycles. The molecule has 2 aromatic carbocycles. The average molecular weight is 373 g/mol. The van der Waals surface area contributed by atoms with Gasteiger partial charge < -0.3 is 4.90 Å². The lowest BCUT2D eigenvalue weighted by Crippen LogP contribution is -2.28. The van der Waals surface area contributed by atoms with Crippen LogP contribution >= 0.6 is 11.8 Å². The van der Waals surface area contributed by atoms with E-state index >= 15 is 0 Å². The summed E-state index contributed by atoms with van der Waals surface area (Å²) in [7, 11) is -2.93. The van der Waals surface area contributed by atoms with E-state index in [-0.39, 0.29) is 22.8 Å². The molecule has 0 aliphatic carbocycles. The Kier molecular flexibility index (Phi) is 4.33. The highest BCUT2D eigenvalue weighted by Gasteiger charge is 2.44. The Morgan fingerprint density at radius 1 is 1.08 bits per heavy atom. The highest BCUT2D eigenvalue weighted by molar-refractivity contribution is 8.15. The van der Waals surface area contributed by atoms with Crippen LogP contribution in [0.25, 0.3) is 0 Å². The van der Waals surface area contributed by atoms with Gasteiger partial charge in [0, 0.05) is 10.9 Å². The number of para-hydroxylation sites is 1. The molecule has 0 N–H and O–H groups in total. The van der Waals surface area contributed by atoms with Crippen LogP contribution in [0.15, 0.2) is 59.6 Å². The fourth-order valence-corrected chi connectivity index (χ4v) is 7.09. The number of hydrogen-bond acceptors (Lipinski definition) is 5. The molecule has 0 spiro atoms. The molecular weight excluding hydrogens is 352 g/mol. The van der Waals surface area contributed by atoms with Crippen molar-refractivity contribution in [2.75, 3.05) is 16.4 Å². The van der Waals surface area contributed by atoms with Gasteiger partial charge in [0.05, 0.1) is 24.1 Å². The van der Waals surface area contributed by atoms with Crippen molar-refractivity contribution in [3.63, 3.8) is 0 Å². The summed E-state index contributed by atoms with van der Waals surface area (Å²) in [6.45, 7) is 2.85. The number of aryl methyl sites for hydroxylation is 1. The number of sulfone groups is 1. The largest absolute Gasteiger partial charge is 0.317 e. The topological polar surface area (TPSA) is 49.7 Å². The maximum absolute atomic E-state index is 11.8. The van der Waals surface area contributed by atoms with Gasteiger partial charge in [-0.15, -0.1) is 0 Å². The second-order valence-corrected chi connectivity index (χ2v) is 9.92. The second kappa shape index (κ2) is 6.50. The second-order valence-electron chi connectivity index (χ2n) is 6.56. The number of nitrogens with zero attached hydrogens (tertiary/aromatic N) is 2. The van der Waals surface area contributed by atoms with Gasteiger partial charge in [0.15, 0.2) is 15.0 Å². The number of anilines is 1. The van der Waals surface area contributed by atoms with Crippen molar-refractivity contribution in [3.8, 4) is 0 Å². The quantitative estimate of drug-likeness (QED) is 0.830. The van der Waals surface area contributed by atoms with E-state index in [0.29, 0.717) is 0 Å². The van der Waals surface area contributed by atoms with E-state index in [0.717, 1.165) is 17.4 Å². The van der Waals surface area contributed by atoms with Crippen LogP contribution < -0.4 is 4.90 Å². The molecule has 4 rings (SSSR count). The molecule has 2 aliphatic heterocycles. The van der Waals surface area contributed by atoms with Crippen LogP contribution in [-0.2, 0) is 16.4 Å². The van der Waals surface area contributed by atoms with Crippen molar-refractivity contribution < 1.29 is 8.42 Å². The zero-order valence-corrected chi connectivity index (χ0v) is 15.6. The summed E-state index contributed by atoms with van der Waals surface area (Å²) in [5.74, 6) is 0.420. The summed E-state index contributed by atoms with van der Waals surface area (Å²) in [5, 5.41) is 0.988. The molecular formula is C19H20N2O2S2. The van der Waals surface area contributed by atoms with Crippen molar-refractivity contribution in [3.05, 3.63) is 65.7 Å². The van der Waals surface area contributed by atoms with Crippen molar-refractivity contribution in [1.29, 1.82) is 0 Å². The zero-order valence-electron chi connectivity index (χ0n) is 14.0. The SMILES string of the molecule is Cc1ccccc1CN(C1=N[C@H]2CS(=O)(=O)C[C@@H]2S1)c1ccccc1. The maximum atomic E-state index is 11.8. The third-order valence-corrected chi connectivity index (χ3v) is 7.94. The number of fused-ring (bicyclic) bond motifs is 1. The van der Waals surface area contributed by atoms with Gasteiger partial charge in [-0.1, -0.05) is 54.2 Å². The highest BCUT2D eigenvalue weighted by atomic mass is 32.2. The molecule has 0 radical (unpaired) electrons. The van der Waals surface area contributed by atoms with Crippen LogP contribution in [-0.4, -0.2) is 36.4 Å². The summed E-state index contributed by atoms with van der Waals surface area (Å²) in [4.78, 5) is 6.98. The molecule has 0 amide bonds. The number of hydrogen-bond donors (Lipinski definition) is 0. The smallest absolute Gasteiger partial charge is 0.164 e. The predicted octanol–water partition coefficient (Wildman–Crippen LogP) is 3.27. The van der Waals surface area contributed by atoms with Crippen LogP contribution in [0.3, 0.4) is 0 Å². The highest BCUT2D eigenvalue weighted by Crippen LogP contribution is 2.37. The third-order valence-electron chi connectivity index (χ3n) is 4.69. The van der Waals surface area contributed by atoms with Gasteiger partial charge in [-0.05, 0) is 30.2 Å². The van der Waals surface area contributed by atoms with Crippen molar-refractivity contribution in [2.45, 2.75) is 24.8 Å². The van der Waals surface area contributed by atoms with E-state index in [4.69, 9.17) is 4.99 Å². The predicted molar refractivity (Wildman–Crippen MR) is 105 cm³/mol. The van der Waals surface area contributed by atoms with Crippen LogP contribution in [0.1, 0.15) is 11.1 Å². The average Bonchev–Trinajstić information content (AvgIpc) is 3.08. The molecule has 1 fully saturated rings. The molecule has 0 bridgehead atoms. The summed E-state index contributed by atoms with van der Waals surface area (Å²) in [6.07, 6.45) is 0. The minimum absolute atomic E-state index is 0.0584. The van der Waals surface area contributed by atoms with Gasteiger partial charge in [0.25, 0.3) is 0 Å². The first kappa shape index (κ1) is 16.7. The minimum Gasteiger partial charge on any atom is -0.317 e. The van der Waals surface area contributed by atoms with Crippen LogP contribution in [0.5, 0.6) is 0 Å². The molecule has 1 saturated heterocycles. The first-order valence-electron chi connectivity index (χ1n) is 8.34. The molecule has 0 aromatic heterocycles. The molecule has 25 heavy (non-hydrogen) atoms. The molecule has 2 aromatic rings. The number of thioether (sulfide) groups is 1. The lowest BCUT2D eigenvalue weighted by molar-refractivity contribution is 0.601. The first-order chi connectivity index (χ1) is 12.0. The van der Waals surface area contributed by atoms with Crippen molar-refractivity contribution in [2.24, 2.45) is 4.99 Å². The molecule has 0 unspecified atom stereocenters. The van der Waals surface area contributed by atoms with Crippen molar-refractivity contribution >= 4 is 32.5 Å². The fourth-order valence-electron chi connectivity index (χ4n) is 3.31. The lowest BCUT2D eigenvalue weighted by Gasteiger charge is -2.25. The van der Waals surface area contributed by atoms with E-state index in [1.807, 2.05) is 24.3 Å². The van der Waals surface area contributed by atoms with Crippen molar-refractivity contribution in [1.82, 2.24) is 0 Å². The van der Waals surface area contributed by atoms with Gasteiger partial charge >= 0.3 is 0 Å². The van der Waals surface area contributed by atoms with E-state index in [2.05, 4.69) is 42.2 Å². The summed E-state index contributed by atoms with van der Waals surface area (Å²) >= 11 is 1.61. The molecule has 2 atom stereocenters.